The molecule has 8 heteroatoms. The van der Waals surface area contributed by atoms with Crippen molar-refractivity contribution in [3.05, 3.63) is 24.3 Å². The highest BCUT2D eigenvalue weighted by Crippen LogP contribution is 2.24. The van der Waals surface area contributed by atoms with Crippen molar-refractivity contribution in [3.8, 4) is 0 Å². The van der Waals surface area contributed by atoms with Gasteiger partial charge in [0.1, 0.15) is 0 Å². The van der Waals surface area contributed by atoms with Gasteiger partial charge in [-0.15, -0.1) is 11.8 Å². The first-order chi connectivity index (χ1) is 12.0. The molecular formula is C18H28N4O3S. The van der Waals surface area contributed by atoms with Crippen LogP contribution in [0, 0.1) is 0 Å². The van der Waals surface area contributed by atoms with Crippen LogP contribution in [0.4, 0.5) is 10.5 Å². The fourth-order valence-corrected chi connectivity index (χ4v) is 2.64. The molecule has 0 fully saturated rings. The third-order valence-electron chi connectivity index (χ3n) is 3.54. The summed E-state index contributed by atoms with van der Waals surface area (Å²) in [6, 6.07) is 6.32. The summed E-state index contributed by atoms with van der Waals surface area (Å²) in [5, 5.41) is 7.80. The van der Waals surface area contributed by atoms with E-state index in [0.29, 0.717) is 0 Å². The lowest BCUT2D eigenvalue weighted by molar-refractivity contribution is -0.125. The normalized spacial score (nSPS) is 12.4. The van der Waals surface area contributed by atoms with E-state index in [1.165, 1.54) is 0 Å². The third-order valence-corrected chi connectivity index (χ3v) is 4.34. The molecule has 0 radical (unpaired) electrons. The molecule has 26 heavy (non-hydrogen) atoms. The number of rotatable bonds is 6. The smallest absolute Gasteiger partial charge is 0.321 e. The second-order valence-electron chi connectivity index (χ2n) is 7.03. The van der Waals surface area contributed by atoms with E-state index < -0.39 is 23.5 Å². The van der Waals surface area contributed by atoms with E-state index in [1.807, 2.05) is 51.3 Å². The number of hydrogen-bond acceptors (Lipinski definition) is 5. The summed E-state index contributed by atoms with van der Waals surface area (Å²) in [7, 11) is 1.66. The summed E-state index contributed by atoms with van der Waals surface area (Å²) < 4.78 is 0. The molecule has 1 atom stereocenters. The van der Waals surface area contributed by atoms with Crippen molar-refractivity contribution in [2.75, 3.05) is 25.2 Å². The Hall–Kier alpha value is -2.06. The first kappa shape index (κ1) is 22.0. The Balaban J connectivity index is 2.57. The van der Waals surface area contributed by atoms with Crippen LogP contribution in [-0.2, 0) is 9.59 Å². The van der Waals surface area contributed by atoms with E-state index in [1.54, 1.807) is 30.6 Å². The van der Waals surface area contributed by atoms with Crippen LogP contribution in [0.1, 0.15) is 27.7 Å². The number of thioether (sulfide) groups is 1. The number of amides is 4. The first-order valence-electron chi connectivity index (χ1n) is 8.29. The van der Waals surface area contributed by atoms with Crippen molar-refractivity contribution in [1.82, 2.24) is 15.5 Å². The second-order valence-corrected chi connectivity index (χ2v) is 7.88. The van der Waals surface area contributed by atoms with Crippen molar-refractivity contribution < 1.29 is 14.4 Å². The van der Waals surface area contributed by atoms with E-state index >= 15 is 0 Å². The molecule has 0 aliphatic rings. The molecule has 1 aromatic rings. The standard InChI is InChI=1S/C18H28N4O3S/c1-12(16(24)20-17(25)21-18(2,3)4)22(5)11-15(23)19-13-9-7-8-10-14(13)26-6/h7-10,12H,11H2,1-6H3,(H,19,23)(H2,20,21,24,25). The van der Waals surface area contributed by atoms with Gasteiger partial charge in [-0.1, -0.05) is 12.1 Å². The van der Waals surface area contributed by atoms with Gasteiger partial charge < -0.3 is 10.6 Å². The van der Waals surface area contributed by atoms with Gasteiger partial charge in [0.25, 0.3) is 0 Å². The topological polar surface area (TPSA) is 90.5 Å². The van der Waals surface area contributed by atoms with Crippen LogP contribution in [0.2, 0.25) is 0 Å². The highest BCUT2D eigenvalue weighted by Gasteiger charge is 2.23. The molecule has 0 heterocycles. The van der Waals surface area contributed by atoms with Gasteiger partial charge in [0.05, 0.1) is 18.3 Å². The average molecular weight is 381 g/mol. The van der Waals surface area contributed by atoms with Crippen molar-refractivity contribution in [1.29, 1.82) is 0 Å². The number of benzene rings is 1. The maximum absolute atomic E-state index is 12.3. The van der Waals surface area contributed by atoms with Gasteiger partial charge >= 0.3 is 6.03 Å². The number of carbonyl (C=O) groups excluding carboxylic acids is 3. The Morgan fingerprint density at radius 3 is 2.38 bits per heavy atom. The molecule has 4 amide bonds. The van der Waals surface area contributed by atoms with Crippen LogP contribution in [0.5, 0.6) is 0 Å². The van der Waals surface area contributed by atoms with Gasteiger partial charge in [0, 0.05) is 10.4 Å². The first-order valence-corrected chi connectivity index (χ1v) is 9.52. The minimum atomic E-state index is -0.637. The molecular weight excluding hydrogens is 352 g/mol. The highest BCUT2D eigenvalue weighted by atomic mass is 32.2. The molecule has 144 valence electrons. The quantitative estimate of drug-likeness (QED) is 0.659. The Labute approximate surface area is 159 Å². The fraction of sp³-hybridized carbons (Fsp3) is 0.500. The summed E-state index contributed by atoms with van der Waals surface area (Å²) in [6.07, 6.45) is 1.94. The number of nitrogens with one attached hydrogen (secondary N) is 3. The molecule has 3 N–H and O–H groups in total. The van der Waals surface area contributed by atoms with Crippen LogP contribution in [0.3, 0.4) is 0 Å². The van der Waals surface area contributed by atoms with E-state index in [0.717, 1.165) is 10.6 Å². The zero-order chi connectivity index (χ0) is 19.9. The second kappa shape index (κ2) is 9.59. The Morgan fingerprint density at radius 2 is 1.81 bits per heavy atom. The highest BCUT2D eigenvalue weighted by molar-refractivity contribution is 7.98. The number of para-hydroxylation sites is 1. The number of nitrogens with zero attached hydrogens (tertiary/aromatic N) is 1. The Bertz CT molecular complexity index is 658. The lowest BCUT2D eigenvalue weighted by Crippen LogP contribution is -2.53. The number of urea groups is 1. The summed E-state index contributed by atoms with van der Waals surface area (Å²) >= 11 is 1.54. The molecule has 1 aromatic carbocycles. The van der Waals surface area contributed by atoms with Gasteiger partial charge in [-0.05, 0) is 53.1 Å². The zero-order valence-electron chi connectivity index (χ0n) is 16.2. The molecule has 0 aromatic heterocycles. The van der Waals surface area contributed by atoms with E-state index in [9.17, 15) is 14.4 Å². The minimum absolute atomic E-state index is 0.0260. The van der Waals surface area contributed by atoms with Crippen LogP contribution in [0.25, 0.3) is 0 Å². The van der Waals surface area contributed by atoms with Crippen molar-refractivity contribution >= 4 is 35.3 Å². The van der Waals surface area contributed by atoms with E-state index in [-0.39, 0.29) is 12.5 Å². The average Bonchev–Trinajstić information content (AvgIpc) is 2.52. The van der Waals surface area contributed by atoms with Crippen molar-refractivity contribution in [2.45, 2.75) is 44.2 Å². The molecule has 0 bridgehead atoms. The zero-order valence-corrected chi connectivity index (χ0v) is 17.0. The van der Waals surface area contributed by atoms with Crippen molar-refractivity contribution in [2.24, 2.45) is 0 Å². The molecule has 1 unspecified atom stereocenters. The fourth-order valence-electron chi connectivity index (χ4n) is 2.09. The maximum atomic E-state index is 12.3. The molecule has 0 aliphatic carbocycles. The predicted molar refractivity (Wildman–Crippen MR) is 105 cm³/mol. The molecule has 1 rings (SSSR count). The van der Waals surface area contributed by atoms with Crippen LogP contribution in [0.15, 0.2) is 29.2 Å². The largest absolute Gasteiger partial charge is 0.333 e. The molecule has 0 spiro atoms. The minimum Gasteiger partial charge on any atom is -0.333 e. The molecule has 0 aliphatic heterocycles. The monoisotopic (exact) mass is 380 g/mol. The van der Waals surface area contributed by atoms with Gasteiger partial charge in [-0.3, -0.25) is 19.8 Å². The van der Waals surface area contributed by atoms with E-state index in [4.69, 9.17) is 0 Å². The summed E-state index contributed by atoms with van der Waals surface area (Å²) in [6.45, 7) is 7.14. The SMILES string of the molecule is CSc1ccccc1NC(=O)CN(C)C(C)C(=O)NC(=O)NC(C)(C)C. The van der Waals surface area contributed by atoms with Gasteiger partial charge in [-0.25, -0.2) is 4.79 Å². The summed E-state index contributed by atoms with van der Waals surface area (Å²) in [5.74, 6) is -0.695. The molecule has 7 nitrogen and oxygen atoms in total. The van der Waals surface area contributed by atoms with Crippen molar-refractivity contribution in [3.63, 3.8) is 0 Å². The number of anilines is 1. The molecule has 0 saturated heterocycles. The number of likely N-dealkylation sites (N-methyl/N-ethyl adjacent to an activating group) is 1. The van der Waals surface area contributed by atoms with Crippen LogP contribution in [-0.4, -0.2) is 54.2 Å². The maximum Gasteiger partial charge on any atom is 0.321 e. The number of carbonyl (C=O) groups is 3. The lowest BCUT2D eigenvalue weighted by Gasteiger charge is -2.25. The third kappa shape index (κ3) is 7.45. The lowest BCUT2D eigenvalue weighted by atomic mass is 10.1. The van der Waals surface area contributed by atoms with Crippen LogP contribution >= 0.6 is 11.8 Å². The summed E-state index contributed by atoms with van der Waals surface area (Å²) in [5.41, 5.74) is 0.296. The Kier molecular flexibility index (Phi) is 8.10. The van der Waals surface area contributed by atoms with E-state index in [2.05, 4.69) is 16.0 Å². The number of hydrogen-bond donors (Lipinski definition) is 3. The Morgan fingerprint density at radius 1 is 1.19 bits per heavy atom. The predicted octanol–water partition coefficient (Wildman–Crippen LogP) is 2.29. The van der Waals surface area contributed by atoms with Gasteiger partial charge in [0.2, 0.25) is 11.8 Å². The van der Waals surface area contributed by atoms with Crippen LogP contribution < -0.4 is 16.0 Å². The summed E-state index contributed by atoms with van der Waals surface area (Å²) in [4.78, 5) is 38.8. The molecule has 0 saturated carbocycles. The van der Waals surface area contributed by atoms with Gasteiger partial charge in [0.15, 0.2) is 0 Å². The number of imide groups is 1. The van der Waals surface area contributed by atoms with Gasteiger partial charge in [-0.2, -0.15) is 0 Å².